The number of aliphatic hydroxyl groups is 2. The second kappa shape index (κ2) is 7.87. The van der Waals surface area contributed by atoms with E-state index in [0.29, 0.717) is 31.1 Å². The van der Waals surface area contributed by atoms with Crippen molar-refractivity contribution in [3.63, 3.8) is 0 Å². The van der Waals surface area contributed by atoms with Gasteiger partial charge in [0.25, 0.3) is 11.9 Å². The Morgan fingerprint density at radius 2 is 2.04 bits per heavy atom. The van der Waals surface area contributed by atoms with E-state index in [0.717, 1.165) is 12.1 Å². The maximum absolute atomic E-state index is 12.9. The van der Waals surface area contributed by atoms with Crippen molar-refractivity contribution >= 4 is 5.91 Å². The number of aliphatic hydroxyl groups excluding tert-OH is 2. The van der Waals surface area contributed by atoms with E-state index < -0.39 is 12.7 Å². The Morgan fingerprint density at radius 1 is 1.21 bits per heavy atom. The van der Waals surface area contributed by atoms with Gasteiger partial charge in [0.15, 0.2) is 5.76 Å². The van der Waals surface area contributed by atoms with Gasteiger partial charge in [-0.05, 0) is 30.7 Å². The van der Waals surface area contributed by atoms with E-state index in [-0.39, 0.29) is 17.6 Å². The van der Waals surface area contributed by atoms with Gasteiger partial charge in [0.2, 0.25) is 0 Å². The van der Waals surface area contributed by atoms with Crippen LogP contribution in [0.1, 0.15) is 34.5 Å². The lowest BCUT2D eigenvalue weighted by Gasteiger charge is -2.18. The van der Waals surface area contributed by atoms with E-state index in [9.17, 15) is 9.90 Å². The van der Waals surface area contributed by atoms with Gasteiger partial charge in [-0.15, -0.1) is 0 Å². The molecule has 0 saturated heterocycles. The van der Waals surface area contributed by atoms with Gasteiger partial charge in [0.1, 0.15) is 11.9 Å². The average molecular weight is 383 g/mol. The lowest BCUT2D eigenvalue weighted by Crippen LogP contribution is -2.30. The Morgan fingerprint density at radius 3 is 2.82 bits per heavy atom. The first kappa shape index (κ1) is 18.3. The summed E-state index contributed by atoms with van der Waals surface area (Å²) in [7, 11) is 0. The molecular weight excluding hydrogens is 362 g/mol. The van der Waals surface area contributed by atoms with Crippen LogP contribution in [0, 0.1) is 0 Å². The zero-order chi connectivity index (χ0) is 19.5. The quantitative estimate of drug-likeness (QED) is 0.701. The number of aromatic nitrogens is 2. The number of para-hydroxylation sites is 1. The molecule has 0 aliphatic carbocycles. The molecule has 4 rings (SSSR count). The molecule has 1 aromatic carbocycles. The number of benzene rings is 1. The molecule has 3 aromatic rings. The fourth-order valence-electron chi connectivity index (χ4n) is 3.16. The van der Waals surface area contributed by atoms with Crippen molar-refractivity contribution in [2.75, 3.05) is 13.2 Å². The largest absolute Gasteiger partial charge is 0.426 e. The molecule has 146 valence electrons. The van der Waals surface area contributed by atoms with Crippen molar-refractivity contribution in [1.82, 2.24) is 14.7 Å². The first-order chi connectivity index (χ1) is 13.6. The fourth-order valence-corrected chi connectivity index (χ4v) is 3.16. The van der Waals surface area contributed by atoms with Gasteiger partial charge in [0, 0.05) is 19.2 Å². The highest BCUT2D eigenvalue weighted by Crippen LogP contribution is 2.25. The zero-order valence-corrected chi connectivity index (χ0v) is 15.2. The fraction of sp³-hybridized carbons (Fsp3) is 0.300. The number of hydrogen-bond donors (Lipinski definition) is 2. The van der Waals surface area contributed by atoms with Crippen LogP contribution in [0.2, 0.25) is 0 Å². The van der Waals surface area contributed by atoms with E-state index in [2.05, 4.69) is 5.10 Å². The smallest absolute Gasteiger partial charge is 0.290 e. The van der Waals surface area contributed by atoms with Crippen LogP contribution in [-0.2, 0) is 13.1 Å². The van der Waals surface area contributed by atoms with Crippen LogP contribution in [0.3, 0.4) is 0 Å². The number of ether oxygens (including phenoxy) is 1. The van der Waals surface area contributed by atoms with Gasteiger partial charge in [-0.2, -0.15) is 5.10 Å². The highest BCUT2D eigenvalue weighted by molar-refractivity contribution is 5.91. The molecule has 0 unspecified atom stereocenters. The van der Waals surface area contributed by atoms with Gasteiger partial charge in [0.05, 0.1) is 24.5 Å². The third-order valence-electron chi connectivity index (χ3n) is 4.59. The summed E-state index contributed by atoms with van der Waals surface area (Å²) in [6.45, 7) is 1.16. The Hall–Kier alpha value is -3.10. The topological polar surface area (TPSA) is 101 Å². The summed E-state index contributed by atoms with van der Waals surface area (Å²) in [5.74, 6) is 0.851. The monoisotopic (exact) mass is 383 g/mol. The predicted molar refractivity (Wildman–Crippen MR) is 98.9 cm³/mol. The molecule has 0 fully saturated rings. The molecule has 2 aromatic heterocycles. The Labute approximate surface area is 161 Å². The SMILES string of the molecule is O=C(c1ccc(Oc2ccccc2)o1)N1CCCn2nc([C@H](O)CO)cc2C1. The molecule has 28 heavy (non-hydrogen) atoms. The number of hydrogen-bond acceptors (Lipinski definition) is 6. The van der Waals surface area contributed by atoms with E-state index in [4.69, 9.17) is 14.3 Å². The van der Waals surface area contributed by atoms with Crippen LogP contribution >= 0.6 is 0 Å². The first-order valence-corrected chi connectivity index (χ1v) is 9.11. The Balaban J connectivity index is 1.48. The van der Waals surface area contributed by atoms with Gasteiger partial charge in [-0.1, -0.05) is 18.2 Å². The summed E-state index contributed by atoms with van der Waals surface area (Å²) < 4.78 is 13.0. The number of carbonyl (C=O) groups is 1. The van der Waals surface area contributed by atoms with Crippen molar-refractivity contribution in [2.45, 2.75) is 25.6 Å². The minimum atomic E-state index is -1.02. The van der Waals surface area contributed by atoms with Crippen molar-refractivity contribution in [3.05, 3.63) is 65.7 Å². The number of aryl methyl sites for hydroxylation is 1. The Kier molecular flexibility index (Phi) is 5.14. The molecule has 3 heterocycles. The molecule has 1 aliphatic rings. The lowest BCUT2D eigenvalue weighted by atomic mass is 10.2. The number of fused-ring (bicyclic) bond motifs is 1. The minimum Gasteiger partial charge on any atom is -0.426 e. The second-order valence-corrected chi connectivity index (χ2v) is 6.60. The molecule has 1 atom stereocenters. The summed E-state index contributed by atoms with van der Waals surface area (Å²) in [5, 5.41) is 23.2. The zero-order valence-electron chi connectivity index (χ0n) is 15.2. The average Bonchev–Trinajstić information content (AvgIpc) is 3.29. The van der Waals surface area contributed by atoms with Gasteiger partial charge in [-0.3, -0.25) is 9.48 Å². The molecular formula is C20H21N3O5. The standard InChI is InChI=1S/C20H21N3O5/c24-13-17(25)16-11-14-12-22(9-4-10-23(14)21-16)20(26)18-7-8-19(28-18)27-15-5-2-1-3-6-15/h1-3,5-8,11,17,24-25H,4,9-10,12-13H2/t17-/m1/s1. The number of furan rings is 1. The second-order valence-electron chi connectivity index (χ2n) is 6.60. The molecule has 0 radical (unpaired) electrons. The number of nitrogens with zero attached hydrogens (tertiary/aromatic N) is 3. The van der Waals surface area contributed by atoms with Gasteiger partial charge < -0.3 is 24.3 Å². The van der Waals surface area contributed by atoms with E-state index >= 15 is 0 Å². The summed E-state index contributed by atoms with van der Waals surface area (Å²) in [6.07, 6.45) is -0.297. The first-order valence-electron chi connectivity index (χ1n) is 9.11. The summed E-state index contributed by atoms with van der Waals surface area (Å²) >= 11 is 0. The molecule has 0 saturated carbocycles. The van der Waals surface area contributed by atoms with Crippen molar-refractivity contribution < 1.29 is 24.2 Å². The van der Waals surface area contributed by atoms with Crippen LogP contribution in [0.25, 0.3) is 0 Å². The molecule has 1 aliphatic heterocycles. The number of carbonyl (C=O) groups excluding carboxylic acids is 1. The summed E-state index contributed by atoms with van der Waals surface area (Å²) in [6, 6.07) is 14.1. The minimum absolute atomic E-state index is 0.203. The number of amides is 1. The van der Waals surface area contributed by atoms with Gasteiger partial charge >= 0.3 is 0 Å². The third kappa shape index (κ3) is 3.78. The molecule has 0 spiro atoms. The normalized spacial score (nSPS) is 15.0. The highest BCUT2D eigenvalue weighted by Gasteiger charge is 2.25. The third-order valence-corrected chi connectivity index (χ3v) is 4.59. The lowest BCUT2D eigenvalue weighted by molar-refractivity contribution is 0.0708. The van der Waals surface area contributed by atoms with Crippen molar-refractivity contribution in [3.8, 4) is 11.7 Å². The van der Waals surface area contributed by atoms with E-state index in [1.807, 2.05) is 18.2 Å². The van der Waals surface area contributed by atoms with Crippen LogP contribution in [0.5, 0.6) is 11.7 Å². The molecule has 0 bridgehead atoms. The van der Waals surface area contributed by atoms with E-state index in [1.54, 1.807) is 39.9 Å². The maximum Gasteiger partial charge on any atom is 0.290 e. The Bertz CT molecular complexity index is 950. The van der Waals surface area contributed by atoms with Crippen LogP contribution < -0.4 is 4.74 Å². The maximum atomic E-state index is 12.9. The van der Waals surface area contributed by atoms with Crippen LogP contribution in [0.15, 0.2) is 52.9 Å². The van der Waals surface area contributed by atoms with Crippen molar-refractivity contribution in [1.29, 1.82) is 0 Å². The predicted octanol–water partition coefficient (Wildman–Crippen LogP) is 2.34. The van der Waals surface area contributed by atoms with Crippen LogP contribution in [-0.4, -0.2) is 44.0 Å². The summed E-state index contributed by atoms with van der Waals surface area (Å²) in [4.78, 5) is 14.6. The molecule has 2 N–H and O–H groups in total. The molecule has 8 heteroatoms. The highest BCUT2D eigenvalue weighted by atomic mass is 16.6. The van der Waals surface area contributed by atoms with Crippen LogP contribution in [0.4, 0.5) is 0 Å². The van der Waals surface area contributed by atoms with E-state index in [1.165, 1.54) is 0 Å². The molecule has 1 amide bonds. The number of rotatable bonds is 5. The van der Waals surface area contributed by atoms with Gasteiger partial charge in [-0.25, -0.2) is 0 Å². The summed E-state index contributed by atoms with van der Waals surface area (Å²) in [5.41, 5.74) is 1.21. The van der Waals surface area contributed by atoms with Crippen molar-refractivity contribution in [2.24, 2.45) is 0 Å². The molecule has 8 nitrogen and oxygen atoms in total.